The Kier molecular flexibility index (Phi) is 5.11. The van der Waals surface area contributed by atoms with Crippen molar-refractivity contribution in [1.82, 2.24) is 10.6 Å². The van der Waals surface area contributed by atoms with Crippen molar-refractivity contribution in [1.29, 1.82) is 0 Å². The summed E-state index contributed by atoms with van der Waals surface area (Å²) < 4.78 is 0. The van der Waals surface area contributed by atoms with E-state index in [-0.39, 0.29) is 30.6 Å². The smallest absolute Gasteiger partial charge is 0.220 e. The van der Waals surface area contributed by atoms with E-state index in [1.807, 2.05) is 24.3 Å². The summed E-state index contributed by atoms with van der Waals surface area (Å²) in [5.41, 5.74) is 1.93. The van der Waals surface area contributed by atoms with Gasteiger partial charge in [-0.3, -0.25) is 9.59 Å². The van der Waals surface area contributed by atoms with Crippen LogP contribution in [0.15, 0.2) is 24.3 Å². The molecular formula is C19H26N2O2. The summed E-state index contributed by atoms with van der Waals surface area (Å²) in [6, 6.07) is 9.11. The molecule has 23 heavy (non-hydrogen) atoms. The second-order valence-electron chi connectivity index (χ2n) is 6.85. The number of aryl methyl sites for hydroxylation is 1. The molecule has 2 fully saturated rings. The van der Waals surface area contributed by atoms with E-state index in [0.29, 0.717) is 17.6 Å². The first kappa shape index (κ1) is 16.2. The second-order valence-corrected chi connectivity index (χ2v) is 6.85. The van der Waals surface area contributed by atoms with Gasteiger partial charge in [0.25, 0.3) is 0 Å². The zero-order chi connectivity index (χ0) is 16.2. The number of benzene rings is 1. The zero-order valence-electron chi connectivity index (χ0n) is 13.8. The number of piperidine rings is 1. The molecule has 2 unspecified atom stereocenters. The molecule has 0 saturated carbocycles. The monoisotopic (exact) mass is 314 g/mol. The molecule has 4 heteroatoms. The predicted molar refractivity (Wildman–Crippen MR) is 90.5 cm³/mol. The summed E-state index contributed by atoms with van der Waals surface area (Å²) in [6.07, 6.45) is 6.04. The molecular weight excluding hydrogens is 288 g/mol. The average Bonchev–Trinajstić information content (AvgIpc) is 2.91. The maximum atomic E-state index is 12.2. The van der Waals surface area contributed by atoms with Gasteiger partial charge >= 0.3 is 0 Å². The number of carbonyl (C=O) groups is 2. The maximum Gasteiger partial charge on any atom is 0.220 e. The lowest BCUT2D eigenvalue weighted by Crippen LogP contribution is -2.48. The predicted octanol–water partition coefficient (Wildman–Crippen LogP) is 2.61. The number of Topliss-reactive ketones (excluding diaryl/α,β-unsaturated/α-hetero) is 1. The van der Waals surface area contributed by atoms with Crippen LogP contribution in [0.25, 0.3) is 0 Å². The molecule has 3 rings (SSSR count). The van der Waals surface area contributed by atoms with Gasteiger partial charge < -0.3 is 10.6 Å². The molecule has 1 aromatic rings. The van der Waals surface area contributed by atoms with E-state index in [2.05, 4.69) is 17.6 Å². The van der Waals surface area contributed by atoms with Crippen LogP contribution in [0.3, 0.4) is 0 Å². The Morgan fingerprint density at radius 3 is 2.35 bits per heavy atom. The van der Waals surface area contributed by atoms with Crippen molar-refractivity contribution in [2.45, 2.75) is 70.0 Å². The third kappa shape index (κ3) is 4.20. The van der Waals surface area contributed by atoms with Crippen molar-refractivity contribution in [3.8, 4) is 0 Å². The highest BCUT2D eigenvalue weighted by Gasteiger charge is 2.33. The second kappa shape index (κ2) is 7.26. The topological polar surface area (TPSA) is 58.2 Å². The van der Waals surface area contributed by atoms with E-state index >= 15 is 0 Å². The molecule has 4 nitrogen and oxygen atoms in total. The number of fused-ring (bicyclic) bond motifs is 2. The van der Waals surface area contributed by atoms with Gasteiger partial charge in [-0.05, 0) is 37.7 Å². The first-order valence-corrected chi connectivity index (χ1v) is 8.81. The maximum absolute atomic E-state index is 12.2. The fraction of sp³-hybridized carbons (Fsp3) is 0.579. The molecule has 2 bridgehead atoms. The third-order valence-electron chi connectivity index (χ3n) is 5.10. The summed E-state index contributed by atoms with van der Waals surface area (Å²) in [5.74, 6) is 0.0583. The Morgan fingerprint density at radius 1 is 1.09 bits per heavy atom. The first-order chi connectivity index (χ1) is 11.1. The lowest BCUT2D eigenvalue weighted by atomic mass is 9.99. The zero-order valence-corrected chi connectivity index (χ0v) is 13.8. The van der Waals surface area contributed by atoms with Gasteiger partial charge in [0, 0.05) is 36.5 Å². The number of hydrogen-bond acceptors (Lipinski definition) is 3. The molecule has 2 aliphatic heterocycles. The Balaban J connectivity index is 1.44. The van der Waals surface area contributed by atoms with E-state index in [4.69, 9.17) is 0 Å². The molecule has 2 heterocycles. The Labute approximate surface area is 138 Å². The van der Waals surface area contributed by atoms with Crippen LogP contribution in [0.2, 0.25) is 0 Å². The Morgan fingerprint density at radius 2 is 1.74 bits per heavy atom. The quantitative estimate of drug-likeness (QED) is 0.794. The van der Waals surface area contributed by atoms with Crippen molar-refractivity contribution >= 4 is 11.7 Å². The SMILES string of the molecule is CCc1ccc(C(=O)CCC(=O)NC2CC3CCC(C2)N3)cc1. The summed E-state index contributed by atoms with van der Waals surface area (Å²) in [4.78, 5) is 24.3. The standard InChI is InChI=1S/C19H26N2O2/c1-2-13-3-5-14(6-4-13)18(22)9-10-19(23)21-17-11-15-7-8-16(12-17)20-15/h3-6,15-17,20H,2,7-12H2,1H3,(H,21,23). The Bertz CT molecular complexity index is 555. The van der Waals surface area contributed by atoms with Crippen LogP contribution < -0.4 is 10.6 Å². The van der Waals surface area contributed by atoms with E-state index in [1.54, 1.807) is 0 Å². The van der Waals surface area contributed by atoms with Gasteiger partial charge in [0.2, 0.25) is 5.91 Å². The molecule has 0 aliphatic carbocycles. The minimum absolute atomic E-state index is 0.00910. The van der Waals surface area contributed by atoms with Crippen LogP contribution in [0.5, 0.6) is 0 Å². The van der Waals surface area contributed by atoms with Crippen molar-refractivity contribution in [3.63, 3.8) is 0 Å². The van der Waals surface area contributed by atoms with Gasteiger partial charge in [-0.1, -0.05) is 31.2 Å². The van der Waals surface area contributed by atoms with Crippen LogP contribution in [-0.4, -0.2) is 29.8 Å². The fourth-order valence-electron chi connectivity index (χ4n) is 3.77. The number of rotatable bonds is 6. The fourth-order valence-corrected chi connectivity index (χ4v) is 3.77. The van der Waals surface area contributed by atoms with Crippen LogP contribution >= 0.6 is 0 Å². The molecule has 2 aliphatic rings. The van der Waals surface area contributed by atoms with E-state index in [1.165, 1.54) is 18.4 Å². The van der Waals surface area contributed by atoms with Crippen molar-refractivity contribution in [2.24, 2.45) is 0 Å². The molecule has 0 aromatic heterocycles. The highest BCUT2D eigenvalue weighted by atomic mass is 16.2. The lowest BCUT2D eigenvalue weighted by Gasteiger charge is -2.29. The van der Waals surface area contributed by atoms with E-state index < -0.39 is 0 Å². The molecule has 1 aromatic carbocycles. The number of nitrogens with one attached hydrogen (secondary N) is 2. The van der Waals surface area contributed by atoms with Gasteiger partial charge in [0.05, 0.1) is 0 Å². The van der Waals surface area contributed by atoms with E-state index in [9.17, 15) is 9.59 Å². The number of ketones is 1. The van der Waals surface area contributed by atoms with Crippen LogP contribution in [0.1, 0.15) is 61.4 Å². The summed E-state index contributed by atoms with van der Waals surface area (Å²) in [5, 5.41) is 6.68. The summed E-state index contributed by atoms with van der Waals surface area (Å²) >= 11 is 0. The minimum Gasteiger partial charge on any atom is -0.353 e. The average molecular weight is 314 g/mol. The van der Waals surface area contributed by atoms with Crippen molar-refractivity contribution < 1.29 is 9.59 Å². The van der Waals surface area contributed by atoms with Crippen molar-refractivity contribution in [3.05, 3.63) is 35.4 Å². The number of carbonyl (C=O) groups excluding carboxylic acids is 2. The molecule has 0 spiro atoms. The van der Waals surface area contributed by atoms with Gasteiger partial charge in [0.15, 0.2) is 5.78 Å². The van der Waals surface area contributed by atoms with Crippen molar-refractivity contribution in [2.75, 3.05) is 0 Å². The third-order valence-corrected chi connectivity index (χ3v) is 5.10. The van der Waals surface area contributed by atoms with Gasteiger partial charge in [0.1, 0.15) is 0 Å². The highest BCUT2D eigenvalue weighted by molar-refractivity contribution is 5.98. The number of amides is 1. The molecule has 124 valence electrons. The lowest BCUT2D eigenvalue weighted by molar-refractivity contribution is -0.122. The molecule has 0 radical (unpaired) electrons. The minimum atomic E-state index is 0.00910. The van der Waals surface area contributed by atoms with Crippen LogP contribution in [-0.2, 0) is 11.2 Å². The summed E-state index contributed by atoms with van der Waals surface area (Å²) in [6.45, 7) is 2.09. The van der Waals surface area contributed by atoms with Crippen LogP contribution in [0, 0.1) is 0 Å². The molecule has 1 amide bonds. The van der Waals surface area contributed by atoms with Gasteiger partial charge in [-0.25, -0.2) is 0 Å². The first-order valence-electron chi connectivity index (χ1n) is 8.81. The van der Waals surface area contributed by atoms with E-state index in [0.717, 1.165) is 19.3 Å². The van der Waals surface area contributed by atoms with Crippen LogP contribution in [0.4, 0.5) is 0 Å². The van der Waals surface area contributed by atoms with Gasteiger partial charge in [-0.2, -0.15) is 0 Å². The van der Waals surface area contributed by atoms with Gasteiger partial charge in [-0.15, -0.1) is 0 Å². The Hall–Kier alpha value is -1.68. The number of hydrogen-bond donors (Lipinski definition) is 2. The highest BCUT2D eigenvalue weighted by Crippen LogP contribution is 2.26. The normalized spacial score (nSPS) is 26.0. The summed E-state index contributed by atoms with van der Waals surface area (Å²) in [7, 11) is 0. The molecule has 2 N–H and O–H groups in total. The molecule has 2 atom stereocenters. The molecule has 2 saturated heterocycles. The largest absolute Gasteiger partial charge is 0.353 e.